The zero-order valence-electron chi connectivity index (χ0n) is 12.2. The number of benzene rings is 1. The van der Waals surface area contributed by atoms with E-state index in [1.807, 2.05) is 19.9 Å². The van der Waals surface area contributed by atoms with Crippen LogP contribution in [0.15, 0.2) is 30.3 Å². The molecule has 0 radical (unpaired) electrons. The first-order valence-corrected chi connectivity index (χ1v) is 7.51. The molecule has 2 N–H and O–H groups in total. The molecular weight excluding hydrogens is 289 g/mol. The Bertz CT molecular complexity index is 636. The van der Waals surface area contributed by atoms with Crippen LogP contribution in [0.4, 0.5) is 4.39 Å². The smallest absolute Gasteiger partial charge is 0.252 e. The minimum Gasteiger partial charge on any atom is -0.386 e. The number of hydrogen-bond acceptors (Lipinski definition) is 3. The second kappa shape index (κ2) is 6.37. The zero-order chi connectivity index (χ0) is 15.6. The van der Waals surface area contributed by atoms with Crippen molar-refractivity contribution >= 4 is 17.2 Å². The van der Waals surface area contributed by atoms with Gasteiger partial charge in [0.25, 0.3) is 5.91 Å². The maximum absolute atomic E-state index is 12.9. The van der Waals surface area contributed by atoms with Crippen molar-refractivity contribution < 1.29 is 14.3 Å². The van der Waals surface area contributed by atoms with Crippen LogP contribution >= 0.6 is 11.3 Å². The van der Waals surface area contributed by atoms with Crippen molar-refractivity contribution in [3.63, 3.8) is 0 Å². The summed E-state index contributed by atoms with van der Waals surface area (Å²) in [5, 5.41) is 13.0. The summed E-state index contributed by atoms with van der Waals surface area (Å²) in [5.74, 6) is -0.558. The molecule has 0 aliphatic heterocycles. The van der Waals surface area contributed by atoms with Gasteiger partial charge >= 0.3 is 0 Å². The number of amides is 1. The van der Waals surface area contributed by atoms with E-state index in [0.717, 1.165) is 9.75 Å². The van der Waals surface area contributed by atoms with Crippen LogP contribution in [0.5, 0.6) is 0 Å². The second-order valence-corrected chi connectivity index (χ2v) is 6.55. The third-order valence-corrected chi connectivity index (χ3v) is 4.30. The number of aliphatic hydroxyl groups excluding tert-OH is 1. The Morgan fingerprint density at radius 1 is 1.29 bits per heavy atom. The molecule has 0 aliphatic rings. The fourth-order valence-corrected chi connectivity index (χ4v) is 3.09. The fourth-order valence-electron chi connectivity index (χ4n) is 2.17. The highest BCUT2D eigenvalue weighted by Gasteiger charge is 2.20. The average molecular weight is 307 g/mol. The number of thiophene rings is 1. The Morgan fingerprint density at radius 3 is 2.43 bits per heavy atom. The van der Waals surface area contributed by atoms with Gasteiger partial charge in [-0.15, -0.1) is 11.3 Å². The molecule has 0 aliphatic carbocycles. The van der Waals surface area contributed by atoms with Crippen molar-refractivity contribution in [2.24, 2.45) is 0 Å². The highest BCUT2D eigenvalue weighted by atomic mass is 32.1. The standard InChI is InChI=1S/C16H18FNO2S/c1-9-8-14(11(3)21-9)16(20)18-10(2)15(19)12-4-6-13(17)7-5-12/h4-8,10,15,19H,1-3H3,(H,18,20). The molecule has 2 aromatic rings. The van der Waals surface area contributed by atoms with E-state index in [0.29, 0.717) is 11.1 Å². The molecule has 0 saturated carbocycles. The normalized spacial score (nSPS) is 13.8. The minimum atomic E-state index is -0.880. The molecule has 2 rings (SSSR count). The third-order valence-electron chi connectivity index (χ3n) is 3.33. The number of halogens is 1. The molecule has 1 amide bonds. The minimum absolute atomic E-state index is 0.203. The van der Waals surface area contributed by atoms with Crippen LogP contribution in [-0.4, -0.2) is 17.1 Å². The summed E-state index contributed by atoms with van der Waals surface area (Å²) in [5.41, 5.74) is 1.21. The van der Waals surface area contributed by atoms with E-state index in [4.69, 9.17) is 0 Å². The summed E-state index contributed by atoms with van der Waals surface area (Å²) in [7, 11) is 0. The molecule has 21 heavy (non-hydrogen) atoms. The van der Waals surface area contributed by atoms with Crippen molar-refractivity contribution in [3.8, 4) is 0 Å². The molecule has 1 aromatic heterocycles. The van der Waals surface area contributed by atoms with E-state index in [1.165, 1.54) is 24.3 Å². The van der Waals surface area contributed by atoms with Gasteiger partial charge in [-0.3, -0.25) is 4.79 Å². The summed E-state index contributed by atoms with van der Waals surface area (Å²) in [6.45, 7) is 5.57. The van der Waals surface area contributed by atoms with E-state index < -0.39 is 12.1 Å². The number of hydrogen-bond donors (Lipinski definition) is 2. The number of aryl methyl sites for hydroxylation is 2. The third kappa shape index (κ3) is 3.68. The summed E-state index contributed by atoms with van der Waals surface area (Å²) in [6.07, 6.45) is -0.880. The summed E-state index contributed by atoms with van der Waals surface area (Å²) >= 11 is 1.57. The van der Waals surface area contributed by atoms with E-state index >= 15 is 0 Å². The highest BCUT2D eigenvalue weighted by molar-refractivity contribution is 7.12. The van der Waals surface area contributed by atoms with Crippen molar-refractivity contribution in [3.05, 3.63) is 57.0 Å². The Morgan fingerprint density at radius 2 is 1.90 bits per heavy atom. The van der Waals surface area contributed by atoms with Crippen LogP contribution in [0.25, 0.3) is 0 Å². The lowest BCUT2D eigenvalue weighted by Crippen LogP contribution is -2.37. The van der Waals surface area contributed by atoms with Crippen molar-refractivity contribution in [1.29, 1.82) is 0 Å². The first-order valence-electron chi connectivity index (χ1n) is 6.70. The highest BCUT2D eigenvalue weighted by Crippen LogP contribution is 2.22. The molecule has 2 atom stereocenters. The predicted molar refractivity (Wildman–Crippen MR) is 82.1 cm³/mol. The molecular formula is C16H18FNO2S. The molecule has 3 nitrogen and oxygen atoms in total. The molecule has 0 saturated heterocycles. The van der Waals surface area contributed by atoms with Crippen LogP contribution in [-0.2, 0) is 0 Å². The number of rotatable bonds is 4. The zero-order valence-corrected chi connectivity index (χ0v) is 13.0. The molecule has 1 aromatic carbocycles. The SMILES string of the molecule is Cc1cc(C(=O)NC(C)C(O)c2ccc(F)cc2)c(C)s1. The van der Waals surface area contributed by atoms with Gasteiger partial charge in [-0.2, -0.15) is 0 Å². The Hall–Kier alpha value is -1.72. The van der Waals surface area contributed by atoms with Crippen LogP contribution in [0.1, 0.15) is 38.7 Å². The lowest BCUT2D eigenvalue weighted by atomic mass is 10.0. The number of carbonyl (C=O) groups is 1. The van der Waals surface area contributed by atoms with Crippen molar-refractivity contribution in [2.75, 3.05) is 0 Å². The van der Waals surface area contributed by atoms with Crippen LogP contribution in [0.2, 0.25) is 0 Å². The maximum Gasteiger partial charge on any atom is 0.252 e. The molecule has 5 heteroatoms. The average Bonchev–Trinajstić information content (AvgIpc) is 2.77. The largest absolute Gasteiger partial charge is 0.386 e. The molecule has 112 valence electrons. The quantitative estimate of drug-likeness (QED) is 0.910. The molecule has 2 unspecified atom stereocenters. The van der Waals surface area contributed by atoms with Gasteiger partial charge in [0.1, 0.15) is 5.82 Å². The first kappa shape index (κ1) is 15.7. The molecule has 0 bridgehead atoms. The van der Waals surface area contributed by atoms with Gasteiger partial charge in [0, 0.05) is 9.75 Å². The van der Waals surface area contributed by atoms with E-state index in [1.54, 1.807) is 18.3 Å². The van der Waals surface area contributed by atoms with Gasteiger partial charge in [0.2, 0.25) is 0 Å². The summed E-state index contributed by atoms with van der Waals surface area (Å²) < 4.78 is 12.9. The lowest BCUT2D eigenvalue weighted by molar-refractivity contribution is 0.0852. The lowest BCUT2D eigenvalue weighted by Gasteiger charge is -2.20. The van der Waals surface area contributed by atoms with Gasteiger partial charge in [0.05, 0.1) is 17.7 Å². The van der Waals surface area contributed by atoms with E-state index in [2.05, 4.69) is 5.32 Å². The second-order valence-electron chi connectivity index (χ2n) is 5.09. The fraction of sp³-hybridized carbons (Fsp3) is 0.312. The van der Waals surface area contributed by atoms with Gasteiger partial charge in [-0.25, -0.2) is 4.39 Å². The van der Waals surface area contributed by atoms with Gasteiger partial charge < -0.3 is 10.4 Å². The Labute approximate surface area is 127 Å². The van der Waals surface area contributed by atoms with Gasteiger partial charge in [-0.05, 0) is 44.5 Å². The summed E-state index contributed by atoms with van der Waals surface area (Å²) in [4.78, 5) is 14.2. The molecule has 0 fully saturated rings. The van der Waals surface area contributed by atoms with E-state index in [-0.39, 0.29) is 11.7 Å². The van der Waals surface area contributed by atoms with Crippen molar-refractivity contribution in [1.82, 2.24) is 5.32 Å². The number of carbonyl (C=O) groups excluding carboxylic acids is 1. The van der Waals surface area contributed by atoms with E-state index in [9.17, 15) is 14.3 Å². The van der Waals surface area contributed by atoms with Gasteiger partial charge in [-0.1, -0.05) is 12.1 Å². The Kier molecular flexibility index (Phi) is 4.75. The first-order chi connectivity index (χ1) is 9.88. The topological polar surface area (TPSA) is 49.3 Å². The van der Waals surface area contributed by atoms with Crippen LogP contribution in [0, 0.1) is 19.7 Å². The maximum atomic E-state index is 12.9. The molecule has 1 heterocycles. The van der Waals surface area contributed by atoms with Gasteiger partial charge in [0.15, 0.2) is 0 Å². The predicted octanol–water partition coefficient (Wildman–Crippen LogP) is 3.36. The molecule has 0 spiro atoms. The number of aliphatic hydroxyl groups is 1. The van der Waals surface area contributed by atoms with Crippen molar-refractivity contribution in [2.45, 2.75) is 32.9 Å². The monoisotopic (exact) mass is 307 g/mol. The van der Waals surface area contributed by atoms with Crippen LogP contribution < -0.4 is 5.32 Å². The Balaban J connectivity index is 2.06. The summed E-state index contributed by atoms with van der Waals surface area (Å²) in [6, 6.07) is 6.99. The van der Waals surface area contributed by atoms with Crippen LogP contribution in [0.3, 0.4) is 0 Å². The number of nitrogens with one attached hydrogen (secondary N) is 1.